The Morgan fingerprint density at radius 1 is 0.452 bits per heavy atom. The second-order valence-corrected chi connectivity index (χ2v) is 15.7. The monoisotopic (exact) mass is 422 g/mol. The van der Waals surface area contributed by atoms with E-state index in [1.165, 1.54) is 36.5 Å². The summed E-state index contributed by atoms with van der Waals surface area (Å²) >= 11 is 0. The van der Waals surface area contributed by atoms with Crippen LogP contribution in [-0.4, -0.2) is 0 Å². The van der Waals surface area contributed by atoms with E-state index in [0.717, 1.165) is 47.3 Å². The number of fused-ring (bicyclic) bond motifs is 15. The minimum absolute atomic E-state index is 0.688. The van der Waals surface area contributed by atoms with Crippen molar-refractivity contribution in [1.29, 1.82) is 0 Å². The number of rotatable bonds is 0. The lowest BCUT2D eigenvalue weighted by molar-refractivity contribution is 0.00220. The Hall–Kier alpha value is 0. The third-order valence-corrected chi connectivity index (χ3v) is 13.6. The lowest BCUT2D eigenvalue weighted by Crippen LogP contribution is -2.41. The van der Waals surface area contributed by atoms with Crippen molar-refractivity contribution in [1.82, 2.24) is 0 Å². The Kier molecular flexibility index (Phi) is 4.46. The third-order valence-electron chi connectivity index (χ3n) is 13.6. The molecule has 0 N–H and O–H groups in total. The number of hydrogen-bond acceptors (Lipinski definition) is 0. The van der Waals surface area contributed by atoms with Gasteiger partial charge in [-0.15, -0.1) is 0 Å². The van der Waals surface area contributed by atoms with Crippen molar-refractivity contribution in [3.8, 4) is 0 Å². The molecule has 6 bridgehead atoms. The highest BCUT2D eigenvalue weighted by Gasteiger charge is 2.64. The quantitative estimate of drug-likeness (QED) is 0.343. The van der Waals surface area contributed by atoms with Crippen molar-refractivity contribution in [2.75, 3.05) is 0 Å². The van der Waals surface area contributed by atoms with Crippen LogP contribution >= 0.6 is 0 Å². The first kappa shape index (κ1) is 20.4. The van der Waals surface area contributed by atoms with Gasteiger partial charge >= 0.3 is 0 Å². The van der Waals surface area contributed by atoms with Crippen LogP contribution in [0.1, 0.15) is 111 Å². The highest BCUT2D eigenvalue weighted by atomic mass is 14.7. The zero-order valence-electron chi connectivity index (χ0n) is 21.1. The van der Waals surface area contributed by atoms with Gasteiger partial charge in [-0.25, -0.2) is 0 Å². The average Bonchev–Trinajstić information content (AvgIpc) is 3.53. The van der Waals surface area contributed by atoms with Crippen LogP contribution < -0.4 is 0 Å². The van der Waals surface area contributed by atoms with Crippen LogP contribution in [-0.2, 0) is 0 Å². The molecule has 0 aromatic carbocycles. The van der Waals surface area contributed by atoms with Gasteiger partial charge in [0.15, 0.2) is 0 Å². The molecule has 31 heavy (non-hydrogen) atoms. The molecule has 8 rings (SSSR count). The Morgan fingerprint density at radius 3 is 1.77 bits per heavy atom. The molecule has 0 radical (unpaired) electrons. The van der Waals surface area contributed by atoms with Crippen molar-refractivity contribution in [3.63, 3.8) is 0 Å². The molecule has 0 aliphatic heterocycles. The second-order valence-electron chi connectivity index (χ2n) is 15.7. The molecule has 0 aromatic rings. The van der Waals surface area contributed by atoms with Crippen LogP contribution in [0.3, 0.4) is 0 Å². The van der Waals surface area contributed by atoms with E-state index in [1.54, 1.807) is 70.6 Å². The molecule has 0 aromatic heterocycles. The Labute approximate surface area is 193 Å². The molecule has 8 saturated carbocycles. The molecule has 0 saturated heterocycles. The first-order valence-electron chi connectivity index (χ1n) is 14.8. The van der Waals surface area contributed by atoms with Gasteiger partial charge in [0.05, 0.1) is 0 Å². The summed E-state index contributed by atoms with van der Waals surface area (Å²) in [5.74, 6) is 13.8. The molecule has 12 atom stereocenters. The van der Waals surface area contributed by atoms with E-state index < -0.39 is 0 Å². The van der Waals surface area contributed by atoms with Gasteiger partial charge in [-0.1, -0.05) is 53.4 Å². The summed E-state index contributed by atoms with van der Waals surface area (Å²) in [6.45, 7) is 10.2. The highest BCUT2D eigenvalue weighted by Crippen LogP contribution is 2.71. The van der Waals surface area contributed by atoms with Gasteiger partial charge in [-0.05, 0) is 140 Å². The Morgan fingerprint density at radius 2 is 1.03 bits per heavy atom. The smallest absolute Gasteiger partial charge is 0.0318 e. The summed E-state index contributed by atoms with van der Waals surface area (Å²) in [5, 5.41) is 0. The molecule has 174 valence electrons. The third kappa shape index (κ3) is 2.90. The summed E-state index contributed by atoms with van der Waals surface area (Å²) in [7, 11) is 0. The Bertz CT molecular complexity index is 716. The van der Waals surface area contributed by atoms with E-state index >= 15 is 0 Å². The van der Waals surface area contributed by atoms with Gasteiger partial charge in [0.2, 0.25) is 0 Å². The number of hydrogen-bond donors (Lipinski definition) is 0. The molecule has 8 aliphatic carbocycles. The lowest BCUT2D eigenvalue weighted by atomic mass is 9.56. The summed E-state index contributed by atoms with van der Waals surface area (Å²) < 4.78 is 0. The minimum atomic E-state index is 0.688. The van der Waals surface area contributed by atoms with Crippen molar-refractivity contribution in [2.24, 2.45) is 81.8 Å². The van der Waals surface area contributed by atoms with Gasteiger partial charge in [-0.3, -0.25) is 0 Å². The molecule has 12 unspecified atom stereocenters. The molecule has 8 fully saturated rings. The van der Waals surface area contributed by atoms with Crippen LogP contribution in [0.15, 0.2) is 0 Å². The maximum atomic E-state index is 2.56. The molecular formula is C31H50. The van der Waals surface area contributed by atoms with Gasteiger partial charge in [0, 0.05) is 0 Å². The zero-order valence-corrected chi connectivity index (χ0v) is 21.1. The van der Waals surface area contributed by atoms with E-state index in [4.69, 9.17) is 0 Å². The van der Waals surface area contributed by atoms with Crippen molar-refractivity contribution in [2.45, 2.75) is 111 Å². The maximum absolute atomic E-state index is 2.56. The first-order chi connectivity index (χ1) is 14.8. The van der Waals surface area contributed by atoms with Crippen molar-refractivity contribution in [3.05, 3.63) is 0 Å². The van der Waals surface area contributed by atoms with E-state index in [1.807, 2.05) is 0 Å². The van der Waals surface area contributed by atoms with Crippen molar-refractivity contribution < 1.29 is 0 Å². The summed E-state index contributed by atoms with van der Waals surface area (Å²) in [6.07, 6.45) is 20.6. The van der Waals surface area contributed by atoms with E-state index in [0.29, 0.717) is 10.8 Å². The standard InChI is InChI=1S/C17H28.C14H22/c1-17(2)10-13-9-16(17)15-8-12-6-4-3-5-11(12)7-14(13)15;1-14(2)7-10-6-11(14)13-9-4-3-8(5-9)12(10)13/h11-16H,3-10H2,1-2H3;8-13H,3-7H2,1-2H3. The second kappa shape index (κ2) is 6.78. The average molecular weight is 423 g/mol. The first-order valence-corrected chi connectivity index (χ1v) is 14.8. The van der Waals surface area contributed by atoms with Crippen LogP contribution in [0, 0.1) is 81.8 Å². The minimum Gasteiger partial charge on any atom is -0.0596 e. The molecule has 0 nitrogen and oxygen atoms in total. The van der Waals surface area contributed by atoms with Gasteiger partial charge in [-0.2, -0.15) is 0 Å². The zero-order chi connectivity index (χ0) is 21.1. The molecule has 0 spiro atoms. The van der Waals surface area contributed by atoms with Crippen LogP contribution in [0.25, 0.3) is 0 Å². The fourth-order valence-corrected chi connectivity index (χ4v) is 12.8. The van der Waals surface area contributed by atoms with Crippen LogP contribution in [0.2, 0.25) is 0 Å². The summed E-state index contributed by atoms with van der Waals surface area (Å²) in [6, 6.07) is 0. The summed E-state index contributed by atoms with van der Waals surface area (Å²) in [4.78, 5) is 0. The van der Waals surface area contributed by atoms with Crippen LogP contribution in [0.4, 0.5) is 0 Å². The van der Waals surface area contributed by atoms with Gasteiger partial charge < -0.3 is 0 Å². The molecule has 0 amide bonds. The fraction of sp³-hybridized carbons (Fsp3) is 1.00. The molecule has 0 heteroatoms. The maximum Gasteiger partial charge on any atom is -0.0318 e. The van der Waals surface area contributed by atoms with Crippen LogP contribution in [0.5, 0.6) is 0 Å². The predicted octanol–water partition coefficient (Wildman–Crippen LogP) is 8.60. The van der Waals surface area contributed by atoms with Crippen molar-refractivity contribution >= 4 is 0 Å². The largest absolute Gasteiger partial charge is 0.0596 e. The SMILES string of the molecule is CC1(C)CC2CC1C1C3CCC(C3)C21.CC1(C)CC2CC1C1CC3CCCCC3CC21. The van der Waals surface area contributed by atoms with Gasteiger partial charge in [0.1, 0.15) is 0 Å². The molecular weight excluding hydrogens is 372 g/mol. The fourth-order valence-electron chi connectivity index (χ4n) is 12.8. The summed E-state index contributed by atoms with van der Waals surface area (Å²) in [5.41, 5.74) is 1.39. The normalized spacial score (nSPS) is 58.5. The predicted molar refractivity (Wildman–Crippen MR) is 129 cm³/mol. The van der Waals surface area contributed by atoms with E-state index in [9.17, 15) is 0 Å². The van der Waals surface area contributed by atoms with E-state index in [-0.39, 0.29) is 0 Å². The lowest BCUT2D eigenvalue weighted by Gasteiger charge is -2.49. The Balaban J connectivity index is 0.000000112. The van der Waals surface area contributed by atoms with E-state index in [2.05, 4.69) is 27.7 Å². The topological polar surface area (TPSA) is 0 Å². The molecule has 0 heterocycles. The molecule has 8 aliphatic rings. The highest BCUT2D eigenvalue weighted by molar-refractivity contribution is 5.13. The van der Waals surface area contributed by atoms with Gasteiger partial charge in [0.25, 0.3) is 0 Å².